The molecule has 0 fully saturated rings. The van der Waals surface area contributed by atoms with Crippen molar-refractivity contribution in [1.82, 2.24) is 0 Å². The molecule has 3 N–H and O–H groups in total. The number of amides is 1. The summed E-state index contributed by atoms with van der Waals surface area (Å²) < 4.78 is 0. The Morgan fingerprint density at radius 2 is 2.10 bits per heavy atom. The Hall–Kier alpha value is -2.29. The molecular formula is C16H17N3OS. The monoisotopic (exact) mass is 299 g/mol. The molecule has 0 unspecified atom stereocenters. The molecule has 0 aliphatic heterocycles. The molecular weight excluding hydrogens is 282 g/mol. The van der Waals surface area contributed by atoms with Crippen LogP contribution in [-0.4, -0.2) is 26.5 Å². The van der Waals surface area contributed by atoms with Gasteiger partial charge in [-0.05, 0) is 23.6 Å². The van der Waals surface area contributed by atoms with Crippen LogP contribution in [0.5, 0.6) is 0 Å². The molecule has 0 aliphatic rings. The van der Waals surface area contributed by atoms with E-state index in [1.54, 1.807) is 0 Å². The summed E-state index contributed by atoms with van der Waals surface area (Å²) in [6.45, 7) is 0.278. The van der Waals surface area contributed by atoms with Gasteiger partial charge in [-0.1, -0.05) is 24.0 Å². The van der Waals surface area contributed by atoms with Crippen LogP contribution < -0.4 is 16.0 Å². The predicted octanol–water partition coefficient (Wildman–Crippen LogP) is 2.38. The standard InChI is InChI=1S/C16H17N3OS/c1-19(2)14-8-4-3-7-13(14)18-16(20)15-12(6-5-10-17)9-11-21-15/h3-4,7-9,11H,10,17H2,1-2H3,(H,18,20). The van der Waals surface area contributed by atoms with Crippen LogP contribution in [0.1, 0.15) is 15.2 Å². The third kappa shape index (κ3) is 3.63. The molecule has 108 valence electrons. The molecule has 4 nitrogen and oxygen atoms in total. The number of hydrogen-bond acceptors (Lipinski definition) is 4. The van der Waals surface area contributed by atoms with Crippen molar-refractivity contribution in [3.8, 4) is 11.8 Å². The van der Waals surface area contributed by atoms with E-state index in [1.165, 1.54) is 11.3 Å². The Morgan fingerprint density at radius 3 is 2.81 bits per heavy atom. The Bertz CT molecular complexity index is 695. The van der Waals surface area contributed by atoms with Crippen LogP contribution in [-0.2, 0) is 0 Å². The van der Waals surface area contributed by atoms with Crippen LogP contribution in [0.2, 0.25) is 0 Å². The molecule has 5 heteroatoms. The van der Waals surface area contributed by atoms with Crippen molar-refractivity contribution in [2.45, 2.75) is 0 Å². The fraction of sp³-hybridized carbons (Fsp3) is 0.188. The highest BCUT2D eigenvalue weighted by molar-refractivity contribution is 7.12. The van der Waals surface area contributed by atoms with Gasteiger partial charge in [0.15, 0.2) is 0 Å². The molecule has 0 saturated heterocycles. The third-order valence-corrected chi connectivity index (χ3v) is 3.74. The molecule has 2 aromatic rings. The molecule has 0 radical (unpaired) electrons. The Kier molecular flexibility index (Phi) is 4.99. The van der Waals surface area contributed by atoms with E-state index in [0.717, 1.165) is 11.4 Å². The van der Waals surface area contributed by atoms with Gasteiger partial charge < -0.3 is 16.0 Å². The number of nitrogens with one attached hydrogen (secondary N) is 1. The highest BCUT2D eigenvalue weighted by Crippen LogP contribution is 2.25. The summed E-state index contributed by atoms with van der Waals surface area (Å²) in [5.74, 6) is 5.54. The van der Waals surface area contributed by atoms with Crippen molar-refractivity contribution in [3.63, 3.8) is 0 Å². The zero-order valence-corrected chi connectivity index (χ0v) is 12.8. The second kappa shape index (κ2) is 6.93. The van der Waals surface area contributed by atoms with Crippen molar-refractivity contribution >= 4 is 28.6 Å². The maximum absolute atomic E-state index is 12.4. The molecule has 0 bridgehead atoms. The van der Waals surface area contributed by atoms with Crippen molar-refractivity contribution in [3.05, 3.63) is 46.2 Å². The van der Waals surface area contributed by atoms with E-state index < -0.39 is 0 Å². The lowest BCUT2D eigenvalue weighted by Gasteiger charge is -2.17. The number of carbonyl (C=O) groups is 1. The average molecular weight is 299 g/mol. The molecule has 0 aliphatic carbocycles. The van der Waals surface area contributed by atoms with Crippen LogP contribution >= 0.6 is 11.3 Å². The Morgan fingerprint density at radius 1 is 1.33 bits per heavy atom. The first kappa shape index (κ1) is 15.1. The summed E-state index contributed by atoms with van der Waals surface area (Å²) in [5, 5.41) is 4.80. The predicted molar refractivity (Wildman–Crippen MR) is 89.0 cm³/mol. The molecule has 1 heterocycles. The van der Waals surface area contributed by atoms with Gasteiger partial charge >= 0.3 is 0 Å². The zero-order chi connectivity index (χ0) is 15.2. The largest absolute Gasteiger partial charge is 0.376 e. The molecule has 2 rings (SSSR count). The number of thiophene rings is 1. The maximum atomic E-state index is 12.4. The summed E-state index contributed by atoms with van der Waals surface area (Å²) >= 11 is 1.37. The number of nitrogens with two attached hydrogens (primary N) is 1. The molecule has 0 atom stereocenters. The average Bonchev–Trinajstić information content (AvgIpc) is 2.94. The minimum absolute atomic E-state index is 0.152. The van der Waals surface area contributed by atoms with E-state index in [-0.39, 0.29) is 12.5 Å². The van der Waals surface area contributed by atoms with E-state index in [0.29, 0.717) is 10.4 Å². The Labute approximate surface area is 128 Å². The third-order valence-electron chi connectivity index (χ3n) is 2.83. The number of benzene rings is 1. The van der Waals surface area contributed by atoms with Gasteiger partial charge in [0.25, 0.3) is 5.91 Å². The number of anilines is 2. The minimum atomic E-state index is -0.152. The van der Waals surface area contributed by atoms with E-state index in [4.69, 9.17) is 5.73 Å². The minimum Gasteiger partial charge on any atom is -0.376 e. The molecule has 1 aromatic heterocycles. The lowest BCUT2D eigenvalue weighted by molar-refractivity contribution is 0.103. The number of hydrogen-bond donors (Lipinski definition) is 2. The number of rotatable bonds is 3. The van der Waals surface area contributed by atoms with Crippen LogP contribution in [0.4, 0.5) is 11.4 Å². The van der Waals surface area contributed by atoms with Crippen molar-refractivity contribution in [2.75, 3.05) is 30.9 Å². The van der Waals surface area contributed by atoms with Gasteiger partial charge in [-0.2, -0.15) is 0 Å². The molecule has 0 saturated carbocycles. The van der Waals surface area contributed by atoms with Crippen LogP contribution in [0.15, 0.2) is 35.7 Å². The summed E-state index contributed by atoms with van der Waals surface area (Å²) in [7, 11) is 3.88. The number of para-hydroxylation sites is 2. The van der Waals surface area contributed by atoms with E-state index in [9.17, 15) is 4.79 Å². The molecule has 0 spiro atoms. The second-order valence-corrected chi connectivity index (χ2v) is 5.45. The first-order chi connectivity index (χ1) is 10.1. The van der Waals surface area contributed by atoms with Gasteiger partial charge in [0.05, 0.1) is 17.9 Å². The summed E-state index contributed by atoms with van der Waals surface area (Å²) in [4.78, 5) is 15.0. The smallest absolute Gasteiger partial charge is 0.267 e. The summed E-state index contributed by atoms with van der Waals surface area (Å²) in [6, 6.07) is 9.51. The van der Waals surface area contributed by atoms with Crippen molar-refractivity contribution in [1.29, 1.82) is 0 Å². The van der Waals surface area contributed by atoms with Gasteiger partial charge in [-0.15, -0.1) is 11.3 Å². The first-order valence-corrected chi connectivity index (χ1v) is 7.35. The quantitative estimate of drug-likeness (QED) is 0.856. The molecule has 1 amide bonds. The lowest BCUT2D eigenvalue weighted by atomic mass is 10.2. The van der Waals surface area contributed by atoms with Gasteiger partial charge in [-0.3, -0.25) is 4.79 Å². The lowest BCUT2D eigenvalue weighted by Crippen LogP contribution is -2.16. The SMILES string of the molecule is CN(C)c1ccccc1NC(=O)c1sccc1C#CCN. The summed E-state index contributed by atoms with van der Waals surface area (Å²) in [5.41, 5.74) is 7.82. The second-order valence-electron chi connectivity index (χ2n) is 4.54. The fourth-order valence-corrected chi connectivity index (χ4v) is 2.62. The van der Waals surface area contributed by atoms with Crippen LogP contribution in [0.3, 0.4) is 0 Å². The first-order valence-electron chi connectivity index (χ1n) is 6.47. The molecule has 1 aromatic carbocycles. The van der Waals surface area contributed by atoms with Crippen LogP contribution in [0.25, 0.3) is 0 Å². The summed E-state index contributed by atoms with van der Waals surface area (Å²) in [6.07, 6.45) is 0. The van der Waals surface area contributed by atoms with E-state index in [1.807, 2.05) is 54.7 Å². The zero-order valence-electron chi connectivity index (χ0n) is 12.0. The molecule has 21 heavy (non-hydrogen) atoms. The maximum Gasteiger partial charge on any atom is 0.267 e. The van der Waals surface area contributed by atoms with Gasteiger partial charge in [0, 0.05) is 19.7 Å². The highest BCUT2D eigenvalue weighted by Gasteiger charge is 2.14. The highest BCUT2D eigenvalue weighted by atomic mass is 32.1. The van der Waals surface area contributed by atoms with Gasteiger partial charge in [-0.25, -0.2) is 0 Å². The normalized spacial score (nSPS) is 9.67. The van der Waals surface area contributed by atoms with Gasteiger partial charge in [0.2, 0.25) is 0 Å². The van der Waals surface area contributed by atoms with E-state index in [2.05, 4.69) is 17.2 Å². The van der Waals surface area contributed by atoms with Crippen LogP contribution in [0, 0.1) is 11.8 Å². The fourth-order valence-electron chi connectivity index (χ4n) is 1.88. The van der Waals surface area contributed by atoms with Crippen molar-refractivity contribution < 1.29 is 4.79 Å². The number of nitrogens with zero attached hydrogens (tertiary/aromatic N) is 1. The van der Waals surface area contributed by atoms with Crippen molar-refractivity contribution in [2.24, 2.45) is 5.73 Å². The van der Waals surface area contributed by atoms with Gasteiger partial charge in [0.1, 0.15) is 4.88 Å². The Balaban J connectivity index is 2.25. The topological polar surface area (TPSA) is 58.4 Å². The van der Waals surface area contributed by atoms with E-state index >= 15 is 0 Å². The number of carbonyl (C=O) groups excluding carboxylic acids is 1.